The van der Waals surface area contributed by atoms with E-state index >= 15 is 0 Å². The van der Waals surface area contributed by atoms with Gasteiger partial charge in [-0.3, -0.25) is 4.79 Å². The van der Waals surface area contributed by atoms with E-state index in [2.05, 4.69) is 48.8 Å². The van der Waals surface area contributed by atoms with Crippen molar-refractivity contribution >= 4 is 50.1 Å². The normalized spacial score (nSPS) is 10.2. The number of anilines is 1. The third-order valence-electron chi connectivity index (χ3n) is 2.14. The maximum Gasteiger partial charge on any atom is 0.274 e. The van der Waals surface area contributed by atoms with Gasteiger partial charge in [-0.15, -0.1) is 0 Å². The molecule has 0 bridgehead atoms. The van der Waals surface area contributed by atoms with Gasteiger partial charge in [0.15, 0.2) is 0 Å². The lowest BCUT2D eigenvalue weighted by atomic mass is 10.3. The molecule has 1 heterocycles. The Kier molecular flexibility index (Phi) is 4.28. The minimum atomic E-state index is -0.469. The first-order valence-corrected chi connectivity index (χ1v) is 6.81. The fourth-order valence-electron chi connectivity index (χ4n) is 1.28. The predicted molar refractivity (Wildman–Crippen MR) is 79.0 cm³/mol. The van der Waals surface area contributed by atoms with Crippen molar-refractivity contribution in [2.45, 2.75) is 0 Å². The van der Waals surface area contributed by atoms with Crippen LogP contribution in [-0.2, 0) is 0 Å². The molecule has 0 fully saturated rings. The molecular formula is C12H7BrFIN2O. The van der Waals surface area contributed by atoms with Gasteiger partial charge in [-0.25, -0.2) is 9.37 Å². The second-order valence-corrected chi connectivity index (χ2v) is 5.46. The third kappa shape index (κ3) is 3.26. The highest BCUT2D eigenvalue weighted by molar-refractivity contribution is 14.1. The van der Waals surface area contributed by atoms with Gasteiger partial charge >= 0.3 is 0 Å². The fraction of sp³-hybridized carbons (Fsp3) is 0. The van der Waals surface area contributed by atoms with E-state index in [9.17, 15) is 9.18 Å². The molecular weight excluding hydrogens is 414 g/mol. The predicted octanol–water partition coefficient (Wildman–Crippen LogP) is 3.84. The Hall–Kier alpha value is -1.02. The van der Waals surface area contributed by atoms with Gasteiger partial charge in [0.1, 0.15) is 11.5 Å². The smallest absolute Gasteiger partial charge is 0.274 e. The third-order valence-corrected chi connectivity index (χ3v) is 4.48. The molecule has 0 aliphatic carbocycles. The average molecular weight is 421 g/mol. The van der Waals surface area contributed by atoms with Crippen molar-refractivity contribution < 1.29 is 9.18 Å². The molecule has 0 aliphatic heterocycles. The van der Waals surface area contributed by atoms with Gasteiger partial charge in [-0.1, -0.05) is 0 Å². The van der Waals surface area contributed by atoms with Crippen LogP contribution in [0, 0.1) is 9.39 Å². The van der Waals surface area contributed by atoms with Gasteiger partial charge in [-0.2, -0.15) is 0 Å². The molecule has 1 amide bonds. The monoisotopic (exact) mass is 420 g/mol. The minimum Gasteiger partial charge on any atom is -0.321 e. The highest BCUT2D eigenvalue weighted by Crippen LogP contribution is 2.23. The zero-order valence-electron chi connectivity index (χ0n) is 8.95. The topological polar surface area (TPSA) is 42.0 Å². The number of rotatable bonds is 2. The summed E-state index contributed by atoms with van der Waals surface area (Å²) in [6.45, 7) is 0. The van der Waals surface area contributed by atoms with Crippen LogP contribution in [0.15, 0.2) is 41.0 Å². The van der Waals surface area contributed by atoms with Crippen LogP contribution in [0.25, 0.3) is 0 Å². The van der Waals surface area contributed by atoms with Crippen molar-refractivity contribution in [2.24, 2.45) is 0 Å². The van der Waals surface area contributed by atoms with E-state index in [0.29, 0.717) is 5.69 Å². The maximum absolute atomic E-state index is 12.7. The standard InChI is InChI=1S/C12H7BrFIN2O/c13-9-5-8(2-3-10(9)15)17-12(18)11-4-1-7(14)6-16-11/h1-6H,(H,17,18). The first-order chi connectivity index (χ1) is 8.56. The first kappa shape index (κ1) is 13.4. The van der Waals surface area contributed by atoms with Gasteiger partial charge in [0.2, 0.25) is 0 Å². The van der Waals surface area contributed by atoms with E-state index in [-0.39, 0.29) is 11.6 Å². The Morgan fingerprint density at radius 3 is 2.72 bits per heavy atom. The van der Waals surface area contributed by atoms with Crippen LogP contribution in [0.3, 0.4) is 0 Å². The summed E-state index contributed by atoms with van der Waals surface area (Å²) in [6, 6.07) is 7.99. The van der Waals surface area contributed by atoms with E-state index < -0.39 is 5.82 Å². The number of aromatic nitrogens is 1. The Morgan fingerprint density at radius 2 is 2.11 bits per heavy atom. The molecule has 3 nitrogen and oxygen atoms in total. The van der Waals surface area contributed by atoms with E-state index in [0.717, 1.165) is 14.2 Å². The average Bonchev–Trinajstić information content (AvgIpc) is 2.34. The zero-order valence-corrected chi connectivity index (χ0v) is 12.7. The van der Waals surface area contributed by atoms with Gasteiger partial charge in [-0.05, 0) is 68.9 Å². The van der Waals surface area contributed by atoms with Crippen molar-refractivity contribution in [3.63, 3.8) is 0 Å². The number of hydrogen-bond acceptors (Lipinski definition) is 2. The van der Waals surface area contributed by atoms with E-state index in [1.54, 1.807) is 12.1 Å². The molecule has 1 N–H and O–H groups in total. The zero-order chi connectivity index (χ0) is 13.1. The quantitative estimate of drug-likeness (QED) is 0.750. The Balaban J connectivity index is 2.16. The number of nitrogens with one attached hydrogen (secondary N) is 1. The van der Waals surface area contributed by atoms with Crippen molar-refractivity contribution in [3.8, 4) is 0 Å². The molecule has 18 heavy (non-hydrogen) atoms. The highest BCUT2D eigenvalue weighted by Gasteiger charge is 2.08. The van der Waals surface area contributed by atoms with Crippen LogP contribution in [0.4, 0.5) is 10.1 Å². The number of hydrogen-bond donors (Lipinski definition) is 1. The molecule has 0 atom stereocenters. The molecule has 0 unspecified atom stereocenters. The number of carbonyl (C=O) groups excluding carboxylic acids is 1. The lowest BCUT2D eigenvalue weighted by Crippen LogP contribution is -2.13. The maximum atomic E-state index is 12.7. The molecule has 0 radical (unpaired) electrons. The van der Waals surface area contributed by atoms with Crippen LogP contribution in [0.5, 0.6) is 0 Å². The molecule has 1 aromatic carbocycles. The SMILES string of the molecule is O=C(Nc1ccc(I)c(Br)c1)c1ccc(F)cn1. The summed E-state index contributed by atoms with van der Waals surface area (Å²) in [5, 5.41) is 2.69. The Bertz CT molecular complexity index is 589. The van der Waals surface area contributed by atoms with Crippen molar-refractivity contribution in [1.82, 2.24) is 4.98 Å². The lowest BCUT2D eigenvalue weighted by Gasteiger charge is -2.05. The number of amides is 1. The van der Waals surface area contributed by atoms with E-state index in [4.69, 9.17) is 0 Å². The summed E-state index contributed by atoms with van der Waals surface area (Å²) < 4.78 is 14.6. The molecule has 0 aliphatic rings. The van der Waals surface area contributed by atoms with Crippen LogP contribution in [-0.4, -0.2) is 10.9 Å². The molecule has 0 saturated carbocycles. The second kappa shape index (κ2) is 5.75. The molecule has 6 heteroatoms. The second-order valence-electron chi connectivity index (χ2n) is 3.44. The minimum absolute atomic E-state index is 0.172. The van der Waals surface area contributed by atoms with Crippen molar-refractivity contribution in [1.29, 1.82) is 0 Å². The molecule has 2 rings (SSSR count). The van der Waals surface area contributed by atoms with Gasteiger partial charge in [0.05, 0.1) is 6.20 Å². The first-order valence-electron chi connectivity index (χ1n) is 4.94. The number of carbonyl (C=O) groups is 1. The Morgan fingerprint density at radius 1 is 1.33 bits per heavy atom. The largest absolute Gasteiger partial charge is 0.321 e. The van der Waals surface area contributed by atoms with Crippen molar-refractivity contribution in [3.05, 3.63) is 56.1 Å². The summed E-state index contributed by atoms with van der Waals surface area (Å²) in [4.78, 5) is 15.5. The molecule has 1 aromatic heterocycles. The summed E-state index contributed by atoms with van der Waals surface area (Å²) in [6.07, 6.45) is 1.01. The van der Waals surface area contributed by atoms with Crippen LogP contribution in [0.2, 0.25) is 0 Å². The van der Waals surface area contributed by atoms with Gasteiger partial charge in [0.25, 0.3) is 5.91 Å². The van der Waals surface area contributed by atoms with Gasteiger partial charge < -0.3 is 5.32 Å². The lowest BCUT2D eigenvalue weighted by molar-refractivity contribution is 0.102. The molecule has 92 valence electrons. The summed E-state index contributed by atoms with van der Waals surface area (Å²) in [5.74, 6) is -0.841. The number of halogens is 3. The number of benzene rings is 1. The van der Waals surface area contributed by atoms with E-state index in [1.165, 1.54) is 12.1 Å². The summed E-state index contributed by atoms with van der Waals surface area (Å²) in [5.41, 5.74) is 0.824. The fourth-order valence-corrected chi connectivity index (χ4v) is 1.99. The molecule has 0 saturated heterocycles. The summed E-state index contributed by atoms with van der Waals surface area (Å²) >= 11 is 5.55. The number of nitrogens with zero attached hydrogens (tertiary/aromatic N) is 1. The van der Waals surface area contributed by atoms with Crippen molar-refractivity contribution in [2.75, 3.05) is 5.32 Å². The van der Waals surface area contributed by atoms with E-state index in [1.807, 2.05) is 6.07 Å². The summed E-state index contributed by atoms with van der Waals surface area (Å²) in [7, 11) is 0. The Labute approximate surface area is 125 Å². The van der Waals surface area contributed by atoms with Crippen LogP contribution < -0.4 is 5.32 Å². The van der Waals surface area contributed by atoms with Gasteiger partial charge in [0, 0.05) is 13.7 Å². The number of pyridine rings is 1. The van der Waals surface area contributed by atoms with Crippen LogP contribution >= 0.6 is 38.5 Å². The molecule has 2 aromatic rings. The highest BCUT2D eigenvalue weighted by atomic mass is 127. The van der Waals surface area contributed by atoms with Crippen LogP contribution in [0.1, 0.15) is 10.5 Å². The molecule has 0 spiro atoms.